The van der Waals surface area contributed by atoms with Crippen LogP contribution >= 0.6 is 11.6 Å². The molecule has 7 nitrogen and oxygen atoms in total. The topological polar surface area (TPSA) is 98.7 Å². The van der Waals surface area contributed by atoms with Crippen LogP contribution in [0.3, 0.4) is 0 Å². The number of carbonyl (C=O) groups is 3. The summed E-state index contributed by atoms with van der Waals surface area (Å²) in [4.78, 5) is 41.4. The number of hydrogen-bond acceptors (Lipinski definition) is 5. The van der Waals surface area contributed by atoms with Gasteiger partial charge in [0.2, 0.25) is 17.7 Å². The largest absolute Gasteiger partial charge is 0.392 e. The molecule has 2 aromatic carbocycles. The van der Waals surface area contributed by atoms with Gasteiger partial charge in [-0.3, -0.25) is 24.6 Å². The molecule has 3 aliphatic rings. The Morgan fingerprint density at radius 3 is 2.58 bits per heavy atom. The maximum atomic E-state index is 13.6. The molecule has 3 amide bonds. The third-order valence-corrected chi connectivity index (χ3v) is 6.92. The van der Waals surface area contributed by atoms with Crippen LogP contribution in [0.15, 0.2) is 48.5 Å². The molecule has 1 spiro atoms. The molecular weight excluding hydrogens is 418 g/mol. The summed E-state index contributed by atoms with van der Waals surface area (Å²) in [5, 5.41) is 16.8. The van der Waals surface area contributed by atoms with E-state index in [9.17, 15) is 19.5 Å². The molecule has 0 bridgehead atoms. The third kappa shape index (κ3) is 2.84. The van der Waals surface area contributed by atoms with Gasteiger partial charge in [-0.25, -0.2) is 0 Å². The van der Waals surface area contributed by atoms with E-state index in [0.29, 0.717) is 22.7 Å². The molecule has 3 heterocycles. The first-order valence-electron chi connectivity index (χ1n) is 10.3. The summed E-state index contributed by atoms with van der Waals surface area (Å²) in [6.07, 6.45) is -0.416. The number of carbonyl (C=O) groups excluding carboxylic acids is 3. The Morgan fingerprint density at radius 2 is 1.87 bits per heavy atom. The molecule has 0 aliphatic carbocycles. The van der Waals surface area contributed by atoms with Crippen molar-refractivity contribution in [2.75, 3.05) is 11.9 Å². The zero-order valence-electron chi connectivity index (χ0n) is 16.8. The number of anilines is 1. The summed E-state index contributed by atoms with van der Waals surface area (Å²) in [5.41, 5.74) is 0.653. The molecule has 5 rings (SSSR count). The summed E-state index contributed by atoms with van der Waals surface area (Å²) in [6, 6.07) is 13.9. The first-order chi connectivity index (χ1) is 14.8. The van der Waals surface area contributed by atoms with Gasteiger partial charge in [0.05, 0.1) is 17.9 Å². The number of aliphatic hydroxyl groups is 1. The molecule has 0 radical (unpaired) electrons. The molecule has 2 saturated heterocycles. The number of rotatable bonds is 4. The molecule has 0 aromatic heterocycles. The van der Waals surface area contributed by atoms with Gasteiger partial charge in [0.15, 0.2) is 0 Å². The Morgan fingerprint density at radius 1 is 1.13 bits per heavy atom. The number of nitrogens with one attached hydrogen (secondary N) is 2. The number of fused-ring (bicyclic) bond motifs is 4. The minimum absolute atomic E-state index is 0.224. The number of halogens is 1. The van der Waals surface area contributed by atoms with Gasteiger partial charge in [-0.15, -0.1) is 0 Å². The summed E-state index contributed by atoms with van der Waals surface area (Å²) in [6.45, 7) is 1.78. The first-order valence-corrected chi connectivity index (χ1v) is 10.7. The molecule has 5 atom stereocenters. The SMILES string of the molecule is C[C@@H](O)[C@H]1N[C@]2(C(=O)Nc3ccc(Cl)cc32)[C@@H]2C(=O)N(CCc3ccccc3)C(=O)[C@H]12. The summed E-state index contributed by atoms with van der Waals surface area (Å²) in [5.74, 6) is -2.95. The van der Waals surface area contributed by atoms with Crippen LogP contribution in [-0.4, -0.2) is 46.4 Å². The lowest BCUT2D eigenvalue weighted by Crippen LogP contribution is -2.55. The fraction of sp³-hybridized carbons (Fsp3) is 0.348. The molecular formula is C23H22ClN3O4. The molecule has 0 unspecified atom stereocenters. The van der Waals surface area contributed by atoms with E-state index in [1.165, 1.54) is 4.90 Å². The Hall–Kier alpha value is -2.74. The van der Waals surface area contributed by atoms with Crippen molar-refractivity contribution in [3.8, 4) is 0 Å². The highest BCUT2D eigenvalue weighted by atomic mass is 35.5. The number of hydrogen-bond donors (Lipinski definition) is 3. The fourth-order valence-electron chi connectivity index (χ4n) is 5.28. The number of nitrogens with zero attached hydrogens (tertiary/aromatic N) is 1. The van der Waals surface area contributed by atoms with Crippen LogP contribution < -0.4 is 10.6 Å². The maximum Gasteiger partial charge on any atom is 0.250 e. The molecule has 2 fully saturated rings. The third-order valence-electron chi connectivity index (χ3n) is 6.69. The van der Waals surface area contributed by atoms with Crippen LogP contribution in [-0.2, 0) is 26.3 Å². The lowest BCUT2D eigenvalue weighted by atomic mass is 9.76. The molecule has 0 saturated carbocycles. The van der Waals surface area contributed by atoms with Crippen molar-refractivity contribution in [3.63, 3.8) is 0 Å². The van der Waals surface area contributed by atoms with Crippen molar-refractivity contribution in [2.45, 2.75) is 31.0 Å². The van der Waals surface area contributed by atoms with Crippen molar-refractivity contribution in [3.05, 3.63) is 64.7 Å². The second kappa shape index (κ2) is 7.15. The zero-order valence-corrected chi connectivity index (χ0v) is 17.6. The van der Waals surface area contributed by atoms with E-state index in [0.717, 1.165) is 5.56 Å². The van der Waals surface area contributed by atoms with Gasteiger partial charge in [0, 0.05) is 28.9 Å². The van der Waals surface area contributed by atoms with Crippen LogP contribution in [0.4, 0.5) is 5.69 Å². The van der Waals surface area contributed by atoms with E-state index in [-0.39, 0.29) is 12.5 Å². The minimum atomic E-state index is -1.44. The predicted octanol–water partition coefficient (Wildman–Crippen LogP) is 1.68. The normalized spacial score (nSPS) is 30.0. The standard InChI is InChI=1S/C23H22ClN3O4/c1-12(28)19-17-18(21(30)27(20(17)29)10-9-13-5-3-2-4-6-13)23(26-19)15-11-14(24)7-8-16(15)25-22(23)31/h2-8,11-12,17-19,26,28H,9-10H2,1H3,(H,25,31)/t12-,17+,18+,19-,23+/m1/s1. The molecule has 2 aromatic rings. The molecule has 160 valence electrons. The Balaban J connectivity index is 1.55. The summed E-state index contributed by atoms with van der Waals surface area (Å²) in [7, 11) is 0. The lowest BCUT2D eigenvalue weighted by molar-refractivity contribution is -0.143. The predicted molar refractivity (Wildman–Crippen MR) is 114 cm³/mol. The smallest absolute Gasteiger partial charge is 0.250 e. The number of benzene rings is 2. The average Bonchev–Trinajstić information content (AvgIpc) is 3.33. The Labute approximate surface area is 184 Å². The van der Waals surface area contributed by atoms with Gasteiger partial charge in [0.1, 0.15) is 5.54 Å². The van der Waals surface area contributed by atoms with E-state index in [4.69, 9.17) is 11.6 Å². The number of aliphatic hydroxyl groups excluding tert-OH is 1. The van der Waals surface area contributed by atoms with Crippen molar-refractivity contribution in [1.29, 1.82) is 0 Å². The quantitative estimate of drug-likeness (QED) is 0.630. The van der Waals surface area contributed by atoms with Crippen LogP contribution in [0.25, 0.3) is 0 Å². The molecule has 8 heteroatoms. The molecule has 3 aliphatic heterocycles. The average molecular weight is 440 g/mol. The highest BCUT2D eigenvalue weighted by Crippen LogP contribution is 2.53. The zero-order chi connectivity index (χ0) is 21.9. The number of imide groups is 1. The fourth-order valence-corrected chi connectivity index (χ4v) is 5.46. The van der Waals surface area contributed by atoms with E-state index >= 15 is 0 Å². The highest BCUT2D eigenvalue weighted by molar-refractivity contribution is 6.31. The van der Waals surface area contributed by atoms with E-state index in [1.807, 2.05) is 30.3 Å². The van der Waals surface area contributed by atoms with E-state index in [2.05, 4.69) is 10.6 Å². The van der Waals surface area contributed by atoms with Gasteiger partial charge < -0.3 is 10.4 Å². The second-order valence-corrected chi connectivity index (χ2v) is 8.87. The van der Waals surface area contributed by atoms with Crippen molar-refractivity contribution in [2.24, 2.45) is 11.8 Å². The second-order valence-electron chi connectivity index (χ2n) is 8.43. The van der Waals surface area contributed by atoms with Crippen LogP contribution in [0.5, 0.6) is 0 Å². The highest BCUT2D eigenvalue weighted by Gasteiger charge is 2.71. The van der Waals surface area contributed by atoms with Crippen molar-refractivity contribution < 1.29 is 19.5 Å². The summed E-state index contributed by atoms with van der Waals surface area (Å²) < 4.78 is 0. The van der Waals surface area contributed by atoms with Gasteiger partial charge in [-0.1, -0.05) is 41.9 Å². The van der Waals surface area contributed by atoms with Crippen molar-refractivity contribution >= 4 is 35.0 Å². The Bertz CT molecular complexity index is 1090. The van der Waals surface area contributed by atoms with Crippen LogP contribution in [0, 0.1) is 11.8 Å². The van der Waals surface area contributed by atoms with E-state index in [1.54, 1.807) is 25.1 Å². The van der Waals surface area contributed by atoms with Crippen LogP contribution in [0.1, 0.15) is 18.1 Å². The first kappa shape index (κ1) is 20.2. The van der Waals surface area contributed by atoms with Crippen LogP contribution in [0.2, 0.25) is 5.02 Å². The maximum absolute atomic E-state index is 13.6. The van der Waals surface area contributed by atoms with E-state index < -0.39 is 41.3 Å². The minimum Gasteiger partial charge on any atom is -0.392 e. The van der Waals surface area contributed by atoms with Gasteiger partial charge in [-0.2, -0.15) is 0 Å². The van der Waals surface area contributed by atoms with Gasteiger partial charge in [0.25, 0.3) is 0 Å². The van der Waals surface area contributed by atoms with Gasteiger partial charge >= 0.3 is 0 Å². The lowest BCUT2D eigenvalue weighted by Gasteiger charge is -2.30. The molecule has 3 N–H and O–H groups in total. The monoisotopic (exact) mass is 439 g/mol. The van der Waals surface area contributed by atoms with Crippen molar-refractivity contribution in [1.82, 2.24) is 10.2 Å². The molecule has 31 heavy (non-hydrogen) atoms. The summed E-state index contributed by atoms with van der Waals surface area (Å²) >= 11 is 6.21. The van der Waals surface area contributed by atoms with Gasteiger partial charge in [-0.05, 0) is 37.1 Å². The number of amides is 3. The number of likely N-dealkylation sites (tertiary alicyclic amines) is 1. The Kier molecular flexibility index (Phi) is 4.66.